The topological polar surface area (TPSA) is 63.7 Å². The molecule has 0 aliphatic carbocycles. The van der Waals surface area contributed by atoms with E-state index in [9.17, 15) is 13.2 Å². The van der Waals surface area contributed by atoms with Crippen LogP contribution >= 0.6 is 0 Å². The quantitative estimate of drug-likeness (QED) is 0.793. The van der Waals surface area contributed by atoms with Crippen LogP contribution in [0.5, 0.6) is 0 Å². The standard InChI is InChI=1S/C14H19NO4S/c1-4-19-14(16)10(2)11-5-6-13-12(9-11)7-8-15(13)20(3,17)18/h5-6,9-10H,4,7-8H2,1-3H3. The van der Waals surface area contributed by atoms with Gasteiger partial charge in [-0.25, -0.2) is 8.42 Å². The lowest BCUT2D eigenvalue weighted by atomic mass is 9.98. The number of carbonyl (C=O) groups is 1. The summed E-state index contributed by atoms with van der Waals surface area (Å²) in [5.41, 5.74) is 2.54. The van der Waals surface area contributed by atoms with Crippen LogP contribution in [0.4, 0.5) is 5.69 Å². The van der Waals surface area contributed by atoms with E-state index >= 15 is 0 Å². The Balaban J connectivity index is 2.29. The van der Waals surface area contributed by atoms with Crippen molar-refractivity contribution in [2.45, 2.75) is 26.2 Å². The number of fused-ring (bicyclic) bond motifs is 1. The molecule has 1 atom stereocenters. The third kappa shape index (κ3) is 2.80. The molecule has 0 radical (unpaired) electrons. The Morgan fingerprint density at radius 3 is 2.75 bits per heavy atom. The van der Waals surface area contributed by atoms with E-state index in [2.05, 4.69) is 0 Å². The molecule has 110 valence electrons. The maximum Gasteiger partial charge on any atom is 0.313 e. The molecule has 0 spiro atoms. The first-order chi connectivity index (χ1) is 9.34. The van der Waals surface area contributed by atoms with Gasteiger partial charge in [-0.1, -0.05) is 12.1 Å². The van der Waals surface area contributed by atoms with Crippen molar-refractivity contribution in [3.63, 3.8) is 0 Å². The molecule has 1 unspecified atom stereocenters. The number of hydrogen-bond donors (Lipinski definition) is 0. The van der Waals surface area contributed by atoms with Crippen molar-refractivity contribution in [3.05, 3.63) is 29.3 Å². The minimum atomic E-state index is -3.23. The molecule has 6 heteroatoms. The Morgan fingerprint density at radius 2 is 2.15 bits per heavy atom. The summed E-state index contributed by atoms with van der Waals surface area (Å²) in [6.07, 6.45) is 1.88. The molecule has 0 saturated heterocycles. The van der Waals surface area contributed by atoms with E-state index in [4.69, 9.17) is 4.74 Å². The van der Waals surface area contributed by atoms with Gasteiger partial charge >= 0.3 is 5.97 Å². The van der Waals surface area contributed by atoms with E-state index in [-0.39, 0.29) is 11.9 Å². The van der Waals surface area contributed by atoms with Gasteiger partial charge in [0, 0.05) is 6.54 Å². The van der Waals surface area contributed by atoms with Gasteiger partial charge in [0.05, 0.1) is 24.5 Å². The number of nitrogens with zero attached hydrogens (tertiary/aromatic N) is 1. The van der Waals surface area contributed by atoms with Crippen molar-refractivity contribution in [2.24, 2.45) is 0 Å². The molecule has 1 heterocycles. The number of anilines is 1. The highest BCUT2D eigenvalue weighted by atomic mass is 32.2. The number of benzene rings is 1. The Kier molecular flexibility index (Phi) is 4.04. The molecular formula is C14H19NO4S. The summed E-state index contributed by atoms with van der Waals surface area (Å²) in [7, 11) is -3.23. The Hall–Kier alpha value is -1.56. The third-order valence-corrected chi connectivity index (χ3v) is 4.68. The molecule has 0 aromatic heterocycles. The second-order valence-electron chi connectivity index (χ2n) is 4.95. The number of ether oxygens (including phenoxy) is 1. The van der Waals surface area contributed by atoms with Crippen molar-refractivity contribution in [3.8, 4) is 0 Å². The fraction of sp³-hybridized carbons (Fsp3) is 0.500. The van der Waals surface area contributed by atoms with E-state index in [1.165, 1.54) is 10.6 Å². The average molecular weight is 297 g/mol. The Morgan fingerprint density at radius 1 is 1.45 bits per heavy atom. The van der Waals surface area contributed by atoms with Crippen LogP contribution in [0.1, 0.15) is 30.9 Å². The summed E-state index contributed by atoms with van der Waals surface area (Å²) in [6, 6.07) is 5.47. The molecule has 1 aromatic carbocycles. The van der Waals surface area contributed by atoms with E-state index in [0.29, 0.717) is 25.3 Å². The summed E-state index contributed by atoms with van der Waals surface area (Å²) < 4.78 is 29.7. The zero-order chi connectivity index (χ0) is 14.9. The zero-order valence-corrected chi connectivity index (χ0v) is 12.7. The van der Waals surface area contributed by atoms with Gasteiger partial charge in [-0.3, -0.25) is 9.10 Å². The molecule has 0 fully saturated rings. The van der Waals surface area contributed by atoms with Crippen LogP contribution in [0.25, 0.3) is 0 Å². The molecule has 0 amide bonds. The Bertz CT molecular complexity index is 624. The zero-order valence-electron chi connectivity index (χ0n) is 11.9. The lowest BCUT2D eigenvalue weighted by molar-refractivity contribution is -0.144. The first-order valence-electron chi connectivity index (χ1n) is 6.61. The second-order valence-corrected chi connectivity index (χ2v) is 6.85. The molecule has 1 aliphatic heterocycles. The molecule has 20 heavy (non-hydrogen) atoms. The molecule has 0 bridgehead atoms. The molecule has 1 aromatic rings. The number of sulfonamides is 1. The van der Waals surface area contributed by atoms with Crippen molar-refractivity contribution < 1.29 is 17.9 Å². The van der Waals surface area contributed by atoms with Gasteiger partial charge in [0.15, 0.2) is 0 Å². The summed E-state index contributed by atoms with van der Waals surface area (Å²) in [5, 5.41) is 0. The first kappa shape index (κ1) is 14.8. The summed E-state index contributed by atoms with van der Waals surface area (Å²) in [6.45, 7) is 4.39. The molecular weight excluding hydrogens is 278 g/mol. The van der Waals surface area contributed by atoms with E-state index < -0.39 is 10.0 Å². The van der Waals surface area contributed by atoms with Crippen LogP contribution in [-0.4, -0.2) is 33.8 Å². The van der Waals surface area contributed by atoms with Crippen LogP contribution in [0.2, 0.25) is 0 Å². The van der Waals surface area contributed by atoms with Crippen molar-refractivity contribution in [1.82, 2.24) is 0 Å². The van der Waals surface area contributed by atoms with Crippen molar-refractivity contribution in [1.29, 1.82) is 0 Å². The number of hydrogen-bond acceptors (Lipinski definition) is 4. The second kappa shape index (κ2) is 5.44. The van der Waals surface area contributed by atoms with Gasteiger partial charge in [-0.15, -0.1) is 0 Å². The number of rotatable bonds is 4. The van der Waals surface area contributed by atoms with Gasteiger partial charge in [-0.05, 0) is 37.5 Å². The average Bonchev–Trinajstić information content (AvgIpc) is 2.80. The third-order valence-electron chi connectivity index (χ3n) is 3.50. The van der Waals surface area contributed by atoms with Crippen LogP contribution in [-0.2, 0) is 26.0 Å². The van der Waals surface area contributed by atoms with Crippen LogP contribution in [0.15, 0.2) is 18.2 Å². The summed E-state index contributed by atoms with van der Waals surface area (Å²) >= 11 is 0. The highest BCUT2D eigenvalue weighted by Gasteiger charge is 2.27. The minimum absolute atomic E-state index is 0.259. The normalized spacial score (nSPS) is 15.8. The largest absolute Gasteiger partial charge is 0.466 e. The first-order valence-corrected chi connectivity index (χ1v) is 8.46. The molecule has 2 rings (SSSR count). The number of carbonyl (C=O) groups excluding carboxylic acids is 1. The van der Waals surface area contributed by atoms with Crippen LogP contribution < -0.4 is 4.31 Å². The van der Waals surface area contributed by atoms with Gasteiger partial charge in [0.2, 0.25) is 10.0 Å². The smallest absolute Gasteiger partial charge is 0.313 e. The highest BCUT2D eigenvalue weighted by molar-refractivity contribution is 7.92. The van der Waals surface area contributed by atoms with Crippen molar-refractivity contribution >= 4 is 21.7 Å². The molecule has 1 aliphatic rings. The van der Waals surface area contributed by atoms with Gasteiger partial charge in [0.1, 0.15) is 0 Å². The predicted octanol–water partition coefficient (Wildman–Crippen LogP) is 1.68. The van der Waals surface area contributed by atoms with E-state index in [0.717, 1.165) is 11.1 Å². The number of esters is 1. The SMILES string of the molecule is CCOC(=O)C(C)c1ccc2c(c1)CCN2S(C)(=O)=O. The summed E-state index contributed by atoms with van der Waals surface area (Å²) in [4.78, 5) is 11.7. The maximum absolute atomic E-state index is 11.7. The monoisotopic (exact) mass is 297 g/mol. The molecule has 0 N–H and O–H groups in total. The molecule has 5 nitrogen and oxygen atoms in total. The Labute approximate surface area is 119 Å². The van der Waals surface area contributed by atoms with Gasteiger partial charge < -0.3 is 4.74 Å². The lowest BCUT2D eigenvalue weighted by Crippen LogP contribution is -2.27. The maximum atomic E-state index is 11.7. The predicted molar refractivity (Wildman–Crippen MR) is 77.4 cm³/mol. The minimum Gasteiger partial charge on any atom is -0.466 e. The van der Waals surface area contributed by atoms with Crippen LogP contribution in [0, 0.1) is 0 Å². The van der Waals surface area contributed by atoms with Crippen LogP contribution in [0.3, 0.4) is 0 Å². The van der Waals surface area contributed by atoms with E-state index in [1.807, 2.05) is 6.07 Å². The van der Waals surface area contributed by atoms with Crippen molar-refractivity contribution in [2.75, 3.05) is 23.7 Å². The van der Waals surface area contributed by atoms with E-state index in [1.54, 1.807) is 26.0 Å². The fourth-order valence-electron chi connectivity index (χ4n) is 2.41. The lowest BCUT2D eigenvalue weighted by Gasteiger charge is -2.17. The van der Waals surface area contributed by atoms with Gasteiger partial charge in [-0.2, -0.15) is 0 Å². The highest BCUT2D eigenvalue weighted by Crippen LogP contribution is 2.32. The van der Waals surface area contributed by atoms with Gasteiger partial charge in [0.25, 0.3) is 0 Å². The molecule has 0 saturated carbocycles. The summed E-state index contributed by atoms with van der Waals surface area (Å²) in [5.74, 6) is -0.599. The fourth-order valence-corrected chi connectivity index (χ4v) is 3.37.